The second-order valence-electron chi connectivity index (χ2n) is 5.62. The molecular weight excluding hydrogens is 188 g/mol. The largest absolute Gasteiger partial charge is 0.390 e. The van der Waals surface area contributed by atoms with E-state index >= 15 is 0 Å². The van der Waals surface area contributed by atoms with Crippen molar-refractivity contribution >= 4 is 0 Å². The topological polar surface area (TPSA) is 40.5 Å². The van der Waals surface area contributed by atoms with E-state index < -0.39 is 11.2 Å². The van der Waals surface area contributed by atoms with Crippen molar-refractivity contribution < 1.29 is 10.2 Å². The molecule has 0 heterocycles. The standard InChI is InChI=1S/C13H28O2/c1-5-6-7-8-9-13(4,15)11-10-12(2,3)14/h14-15H,5-11H2,1-4H3. The lowest BCUT2D eigenvalue weighted by Crippen LogP contribution is -2.29. The van der Waals surface area contributed by atoms with E-state index in [1.165, 1.54) is 19.3 Å². The molecule has 0 bridgehead atoms. The second-order valence-corrected chi connectivity index (χ2v) is 5.62. The van der Waals surface area contributed by atoms with Gasteiger partial charge in [-0.3, -0.25) is 0 Å². The van der Waals surface area contributed by atoms with Crippen LogP contribution in [0.1, 0.15) is 72.6 Å². The highest BCUT2D eigenvalue weighted by Crippen LogP contribution is 2.24. The van der Waals surface area contributed by atoms with Crippen molar-refractivity contribution in [2.24, 2.45) is 0 Å². The van der Waals surface area contributed by atoms with Gasteiger partial charge in [0.2, 0.25) is 0 Å². The van der Waals surface area contributed by atoms with Crippen LogP contribution in [0.5, 0.6) is 0 Å². The molecule has 2 heteroatoms. The Morgan fingerprint density at radius 2 is 1.40 bits per heavy atom. The molecule has 0 aromatic rings. The summed E-state index contributed by atoms with van der Waals surface area (Å²) in [6.45, 7) is 7.65. The summed E-state index contributed by atoms with van der Waals surface area (Å²) in [4.78, 5) is 0. The molecule has 1 atom stereocenters. The summed E-state index contributed by atoms with van der Waals surface area (Å²) in [7, 11) is 0. The molecule has 0 aliphatic heterocycles. The van der Waals surface area contributed by atoms with Gasteiger partial charge in [0.15, 0.2) is 0 Å². The van der Waals surface area contributed by atoms with Gasteiger partial charge in [0, 0.05) is 0 Å². The van der Waals surface area contributed by atoms with Gasteiger partial charge in [-0.15, -0.1) is 0 Å². The fourth-order valence-corrected chi connectivity index (χ4v) is 1.63. The van der Waals surface area contributed by atoms with E-state index in [-0.39, 0.29) is 0 Å². The highest BCUT2D eigenvalue weighted by molar-refractivity contribution is 4.77. The molecule has 15 heavy (non-hydrogen) atoms. The Morgan fingerprint density at radius 3 is 1.87 bits per heavy atom. The Labute approximate surface area is 94.7 Å². The third-order valence-corrected chi connectivity index (χ3v) is 2.84. The van der Waals surface area contributed by atoms with Crippen molar-refractivity contribution in [3.05, 3.63) is 0 Å². The molecule has 0 aromatic heterocycles. The summed E-state index contributed by atoms with van der Waals surface area (Å²) in [6.07, 6.45) is 6.97. The zero-order chi connectivity index (χ0) is 11.9. The number of hydrogen-bond acceptors (Lipinski definition) is 2. The Kier molecular flexibility index (Phi) is 6.46. The third kappa shape index (κ3) is 10.2. The first kappa shape index (κ1) is 14.9. The van der Waals surface area contributed by atoms with Gasteiger partial charge in [0.25, 0.3) is 0 Å². The Bertz CT molecular complexity index is 156. The van der Waals surface area contributed by atoms with E-state index in [0.717, 1.165) is 12.8 Å². The number of unbranched alkanes of at least 4 members (excludes halogenated alkanes) is 3. The van der Waals surface area contributed by atoms with E-state index in [0.29, 0.717) is 12.8 Å². The molecule has 0 saturated carbocycles. The summed E-state index contributed by atoms with van der Waals surface area (Å²) >= 11 is 0. The highest BCUT2D eigenvalue weighted by Gasteiger charge is 2.23. The van der Waals surface area contributed by atoms with E-state index in [9.17, 15) is 10.2 Å². The summed E-state index contributed by atoms with van der Waals surface area (Å²) in [6, 6.07) is 0. The maximum atomic E-state index is 10.1. The fourth-order valence-electron chi connectivity index (χ4n) is 1.63. The molecular formula is C13H28O2. The smallest absolute Gasteiger partial charge is 0.0620 e. The Morgan fingerprint density at radius 1 is 0.800 bits per heavy atom. The van der Waals surface area contributed by atoms with Crippen LogP contribution in [0.15, 0.2) is 0 Å². The normalized spacial score (nSPS) is 16.4. The summed E-state index contributed by atoms with van der Waals surface area (Å²) in [5.74, 6) is 0. The van der Waals surface area contributed by atoms with E-state index in [1.807, 2.05) is 6.92 Å². The van der Waals surface area contributed by atoms with Gasteiger partial charge in [-0.1, -0.05) is 32.6 Å². The molecule has 1 unspecified atom stereocenters. The van der Waals surface area contributed by atoms with Crippen LogP contribution in [-0.2, 0) is 0 Å². The van der Waals surface area contributed by atoms with Gasteiger partial charge in [-0.05, 0) is 40.0 Å². The molecule has 0 spiro atoms. The lowest BCUT2D eigenvalue weighted by molar-refractivity contribution is -0.000165. The molecule has 0 radical (unpaired) electrons. The number of rotatable bonds is 8. The van der Waals surface area contributed by atoms with Crippen LogP contribution in [0, 0.1) is 0 Å². The van der Waals surface area contributed by atoms with Gasteiger partial charge in [0.1, 0.15) is 0 Å². The van der Waals surface area contributed by atoms with E-state index in [2.05, 4.69) is 6.92 Å². The van der Waals surface area contributed by atoms with Gasteiger partial charge < -0.3 is 10.2 Å². The molecule has 2 N–H and O–H groups in total. The first-order chi connectivity index (χ1) is 6.77. The highest BCUT2D eigenvalue weighted by atomic mass is 16.3. The number of hydrogen-bond donors (Lipinski definition) is 2. The minimum absolute atomic E-state index is 0.603. The summed E-state index contributed by atoms with van der Waals surface area (Å²) < 4.78 is 0. The molecule has 92 valence electrons. The SMILES string of the molecule is CCCCCCC(C)(O)CCC(C)(C)O. The molecule has 0 aromatic carbocycles. The van der Waals surface area contributed by atoms with Crippen molar-refractivity contribution in [2.45, 2.75) is 83.8 Å². The predicted molar refractivity (Wildman–Crippen MR) is 64.9 cm³/mol. The average molecular weight is 216 g/mol. The van der Waals surface area contributed by atoms with Gasteiger partial charge in [-0.2, -0.15) is 0 Å². The molecule has 2 nitrogen and oxygen atoms in total. The average Bonchev–Trinajstić information content (AvgIpc) is 2.09. The van der Waals surface area contributed by atoms with E-state index in [4.69, 9.17) is 0 Å². The Balaban J connectivity index is 3.67. The lowest BCUT2D eigenvalue weighted by Gasteiger charge is -2.27. The van der Waals surface area contributed by atoms with Crippen LogP contribution in [0.2, 0.25) is 0 Å². The van der Waals surface area contributed by atoms with E-state index in [1.54, 1.807) is 13.8 Å². The number of aliphatic hydroxyl groups is 2. The lowest BCUT2D eigenvalue weighted by atomic mass is 9.89. The summed E-state index contributed by atoms with van der Waals surface area (Å²) in [5, 5.41) is 19.6. The van der Waals surface area contributed by atoms with Crippen molar-refractivity contribution in [2.75, 3.05) is 0 Å². The zero-order valence-corrected chi connectivity index (χ0v) is 10.8. The van der Waals surface area contributed by atoms with Gasteiger partial charge >= 0.3 is 0 Å². The molecule has 0 saturated heterocycles. The van der Waals surface area contributed by atoms with Crippen molar-refractivity contribution in [1.29, 1.82) is 0 Å². The summed E-state index contributed by atoms with van der Waals surface area (Å²) in [5.41, 5.74) is -1.26. The van der Waals surface area contributed by atoms with Crippen molar-refractivity contribution in [3.63, 3.8) is 0 Å². The molecule has 0 fully saturated rings. The maximum absolute atomic E-state index is 10.1. The van der Waals surface area contributed by atoms with Gasteiger partial charge in [0.05, 0.1) is 11.2 Å². The maximum Gasteiger partial charge on any atom is 0.0620 e. The van der Waals surface area contributed by atoms with Gasteiger partial charge in [-0.25, -0.2) is 0 Å². The van der Waals surface area contributed by atoms with Crippen molar-refractivity contribution in [1.82, 2.24) is 0 Å². The zero-order valence-electron chi connectivity index (χ0n) is 10.8. The monoisotopic (exact) mass is 216 g/mol. The molecule has 0 rings (SSSR count). The molecule has 0 amide bonds. The Hall–Kier alpha value is -0.0800. The van der Waals surface area contributed by atoms with Crippen LogP contribution >= 0.6 is 0 Å². The van der Waals surface area contributed by atoms with Crippen LogP contribution in [-0.4, -0.2) is 21.4 Å². The minimum atomic E-state index is -0.659. The predicted octanol–water partition coefficient (Wildman–Crippen LogP) is 3.26. The fraction of sp³-hybridized carbons (Fsp3) is 1.00. The van der Waals surface area contributed by atoms with Crippen LogP contribution < -0.4 is 0 Å². The quantitative estimate of drug-likeness (QED) is 0.611. The van der Waals surface area contributed by atoms with Crippen molar-refractivity contribution in [3.8, 4) is 0 Å². The molecule has 0 aliphatic carbocycles. The van der Waals surface area contributed by atoms with Crippen LogP contribution in [0.3, 0.4) is 0 Å². The first-order valence-corrected chi connectivity index (χ1v) is 6.21. The van der Waals surface area contributed by atoms with Crippen LogP contribution in [0.25, 0.3) is 0 Å². The van der Waals surface area contributed by atoms with Crippen LogP contribution in [0.4, 0.5) is 0 Å². The minimum Gasteiger partial charge on any atom is -0.390 e. The first-order valence-electron chi connectivity index (χ1n) is 6.21. The molecule has 0 aliphatic rings. The third-order valence-electron chi connectivity index (χ3n) is 2.84. The second kappa shape index (κ2) is 6.49.